The molecule has 0 spiro atoms. The zero-order valence-corrected chi connectivity index (χ0v) is 14.0. The number of rotatable bonds is 3. The van der Waals surface area contributed by atoms with Crippen LogP contribution in [0.3, 0.4) is 0 Å². The summed E-state index contributed by atoms with van der Waals surface area (Å²) < 4.78 is 26.4. The molecule has 9 heteroatoms. The van der Waals surface area contributed by atoms with Gasteiger partial charge in [-0.1, -0.05) is 0 Å². The highest BCUT2D eigenvalue weighted by Gasteiger charge is 2.34. The zero-order valence-electron chi connectivity index (χ0n) is 14.0. The number of carbonyl (C=O) groups is 1. The van der Waals surface area contributed by atoms with Gasteiger partial charge in [0.15, 0.2) is 17.0 Å². The van der Waals surface area contributed by atoms with Crippen LogP contribution in [0.15, 0.2) is 6.33 Å². The van der Waals surface area contributed by atoms with Gasteiger partial charge in [0.25, 0.3) is 0 Å². The van der Waals surface area contributed by atoms with E-state index in [-0.39, 0.29) is 34.9 Å². The molecule has 1 aliphatic heterocycles. The van der Waals surface area contributed by atoms with Crippen LogP contribution >= 0.6 is 0 Å². The Hall–Kier alpha value is -2.29. The molecule has 2 aromatic heterocycles. The zero-order chi connectivity index (χ0) is 17.5. The molecule has 0 aliphatic carbocycles. The van der Waals surface area contributed by atoms with Crippen molar-refractivity contribution in [2.45, 2.75) is 58.5 Å². The van der Waals surface area contributed by atoms with Crippen molar-refractivity contribution in [2.24, 2.45) is 0 Å². The van der Waals surface area contributed by atoms with Crippen molar-refractivity contribution >= 4 is 23.1 Å². The van der Waals surface area contributed by atoms with E-state index in [4.69, 9.17) is 9.47 Å². The number of hydrogen-bond acceptors (Lipinski definition) is 6. The van der Waals surface area contributed by atoms with E-state index in [1.807, 2.05) is 13.8 Å². The Kier molecular flexibility index (Phi) is 4.12. The van der Waals surface area contributed by atoms with Gasteiger partial charge in [-0.15, -0.1) is 0 Å². The molecule has 1 atom stereocenters. The summed E-state index contributed by atoms with van der Waals surface area (Å²) in [7, 11) is 0. The van der Waals surface area contributed by atoms with Crippen LogP contribution < -0.4 is 5.32 Å². The normalized spacial score (nSPS) is 19.8. The van der Waals surface area contributed by atoms with Crippen molar-refractivity contribution in [1.29, 1.82) is 0 Å². The maximum Gasteiger partial charge on any atom is 0.413 e. The smallest absolute Gasteiger partial charge is 0.413 e. The first-order valence-corrected chi connectivity index (χ1v) is 7.81. The largest absolute Gasteiger partial charge is 0.447 e. The number of fused-ring (bicyclic) bond motifs is 1. The summed E-state index contributed by atoms with van der Waals surface area (Å²) in [4.78, 5) is 23.4. The number of aromatic nitrogens is 4. The second-order valence-corrected chi connectivity index (χ2v) is 6.62. The predicted molar refractivity (Wildman–Crippen MR) is 84.0 cm³/mol. The van der Waals surface area contributed by atoms with Gasteiger partial charge in [-0.3, -0.25) is 9.88 Å². The van der Waals surface area contributed by atoms with Crippen molar-refractivity contribution in [2.75, 3.05) is 5.32 Å². The third-order valence-corrected chi connectivity index (χ3v) is 3.72. The van der Waals surface area contributed by atoms with Crippen LogP contribution in [-0.4, -0.2) is 37.3 Å². The molecule has 1 amide bonds. The number of halogens is 1. The topological polar surface area (TPSA) is 91.2 Å². The lowest BCUT2D eigenvalue weighted by molar-refractivity contribution is -0.0480. The molecule has 24 heavy (non-hydrogen) atoms. The van der Waals surface area contributed by atoms with Gasteiger partial charge in [-0.05, 0) is 40.5 Å². The van der Waals surface area contributed by atoms with Crippen molar-refractivity contribution < 1.29 is 18.7 Å². The van der Waals surface area contributed by atoms with Crippen molar-refractivity contribution in [3.8, 4) is 0 Å². The quantitative estimate of drug-likeness (QED) is 0.866. The van der Waals surface area contributed by atoms with Gasteiger partial charge in [0.05, 0.1) is 18.0 Å². The number of anilines is 1. The van der Waals surface area contributed by atoms with Crippen molar-refractivity contribution in [1.82, 2.24) is 19.5 Å². The summed E-state index contributed by atoms with van der Waals surface area (Å²) in [5.41, 5.74) is 0.296. The van der Waals surface area contributed by atoms with Gasteiger partial charge < -0.3 is 9.47 Å². The Morgan fingerprint density at radius 3 is 2.88 bits per heavy atom. The molecule has 0 bridgehead atoms. The van der Waals surface area contributed by atoms with E-state index in [1.54, 1.807) is 18.4 Å². The minimum absolute atomic E-state index is 0.0286. The fourth-order valence-corrected chi connectivity index (χ4v) is 2.68. The number of ether oxygens (including phenoxy) is 2. The van der Waals surface area contributed by atoms with Crippen LogP contribution in [0.25, 0.3) is 11.2 Å². The first-order chi connectivity index (χ1) is 11.2. The summed E-state index contributed by atoms with van der Waals surface area (Å²) in [6.07, 6.45) is 0.884. The Morgan fingerprint density at radius 1 is 1.50 bits per heavy atom. The summed E-state index contributed by atoms with van der Waals surface area (Å²) in [6.45, 7) is 7.42. The second-order valence-electron chi connectivity index (χ2n) is 6.62. The number of imidazole rings is 1. The molecule has 0 unspecified atom stereocenters. The van der Waals surface area contributed by atoms with Gasteiger partial charge in [-0.2, -0.15) is 14.4 Å². The molecule has 3 rings (SSSR count). The van der Waals surface area contributed by atoms with Crippen molar-refractivity contribution in [3.63, 3.8) is 0 Å². The van der Waals surface area contributed by atoms with E-state index in [9.17, 15) is 9.18 Å². The molecule has 130 valence electrons. The van der Waals surface area contributed by atoms with Gasteiger partial charge >= 0.3 is 12.2 Å². The van der Waals surface area contributed by atoms with E-state index < -0.39 is 12.2 Å². The molecular formula is C15H20FN5O3. The van der Waals surface area contributed by atoms with Crippen LogP contribution in [0.1, 0.15) is 46.8 Å². The van der Waals surface area contributed by atoms with Crippen LogP contribution in [0, 0.1) is 6.08 Å². The fourth-order valence-electron chi connectivity index (χ4n) is 2.68. The molecule has 1 saturated heterocycles. The average Bonchev–Trinajstić information content (AvgIpc) is 3.00. The van der Waals surface area contributed by atoms with E-state index >= 15 is 0 Å². The standard InChI is InChI=1S/C15H20FN5O3/c1-8(2)23-14(22)19-11-10-12(20-13(16)18-11)21(7-17-10)9-5-6-15(3,4)24-9/h7-9H,5-6H2,1-4H3,(H,18,19,20,22)/t9-/m1/s1. The maximum absolute atomic E-state index is 13.8. The minimum Gasteiger partial charge on any atom is -0.447 e. The molecule has 1 N–H and O–H groups in total. The Labute approximate surface area is 138 Å². The number of hydrogen-bond donors (Lipinski definition) is 1. The summed E-state index contributed by atoms with van der Waals surface area (Å²) >= 11 is 0. The van der Waals surface area contributed by atoms with Crippen molar-refractivity contribution in [3.05, 3.63) is 12.4 Å². The molecule has 1 fully saturated rings. The molecule has 0 aromatic carbocycles. The maximum atomic E-state index is 13.8. The first kappa shape index (κ1) is 16.6. The number of amides is 1. The molecule has 2 aromatic rings. The first-order valence-electron chi connectivity index (χ1n) is 7.81. The lowest BCUT2D eigenvalue weighted by atomic mass is 10.1. The molecule has 0 saturated carbocycles. The van der Waals surface area contributed by atoms with Crippen LogP contribution in [0.4, 0.5) is 15.0 Å². The molecular weight excluding hydrogens is 317 g/mol. The van der Waals surface area contributed by atoms with E-state index in [2.05, 4.69) is 20.3 Å². The third kappa shape index (κ3) is 3.30. The third-order valence-electron chi connectivity index (χ3n) is 3.72. The molecule has 8 nitrogen and oxygen atoms in total. The van der Waals surface area contributed by atoms with Crippen LogP contribution in [0.5, 0.6) is 0 Å². The predicted octanol–water partition coefficient (Wildman–Crippen LogP) is 3.01. The SMILES string of the molecule is CC(C)OC(=O)Nc1nc(F)nc2c1ncn2[C@H]1CCC(C)(C)O1. The number of nitrogens with zero attached hydrogens (tertiary/aromatic N) is 4. The Balaban J connectivity index is 1.94. The van der Waals surface area contributed by atoms with E-state index in [0.717, 1.165) is 12.8 Å². The van der Waals surface area contributed by atoms with Gasteiger partial charge in [0.2, 0.25) is 0 Å². The lowest BCUT2D eigenvalue weighted by Crippen LogP contribution is -2.20. The van der Waals surface area contributed by atoms with E-state index in [0.29, 0.717) is 0 Å². The summed E-state index contributed by atoms with van der Waals surface area (Å²) in [6, 6.07) is 0. The molecule has 0 radical (unpaired) electrons. The monoisotopic (exact) mass is 337 g/mol. The fraction of sp³-hybridized carbons (Fsp3) is 0.600. The Morgan fingerprint density at radius 2 is 2.25 bits per heavy atom. The molecule has 3 heterocycles. The minimum atomic E-state index is -0.957. The van der Waals surface area contributed by atoms with Crippen LogP contribution in [0.2, 0.25) is 0 Å². The highest BCUT2D eigenvalue weighted by Crippen LogP contribution is 2.37. The average molecular weight is 337 g/mol. The Bertz CT molecular complexity index is 774. The number of carbonyl (C=O) groups excluding carboxylic acids is 1. The number of nitrogens with one attached hydrogen (secondary N) is 1. The summed E-state index contributed by atoms with van der Waals surface area (Å²) in [5.74, 6) is -0.0286. The van der Waals surface area contributed by atoms with Gasteiger partial charge in [0, 0.05) is 0 Å². The summed E-state index contributed by atoms with van der Waals surface area (Å²) in [5, 5.41) is 2.41. The lowest BCUT2D eigenvalue weighted by Gasteiger charge is -2.19. The second kappa shape index (κ2) is 5.97. The van der Waals surface area contributed by atoms with Gasteiger partial charge in [0.1, 0.15) is 6.23 Å². The highest BCUT2D eigenvalue weighted by molar-refractivity contribution is 5.93. The molecule has 1 aliphatic rings. The van der Waals surface area contributed by atoms with E-state index in [1.165, 1.54) is 6.33 Å². The van der Waals surface area contributed by atoms with Crippen LogP contribution in [-0.2, 0) is 9.47 Å². The highest BCUT2D eigenvalue weighted by atomic mass is 19.1. The van der Waals surface area contributed by atoms with Gasteiger partial charge in [-0.25, -0.2) is 9.78 Å².